The van der Waals surface area contributed by atoms with Gasteiger partial charge in [0, 0.05) is 11.0 Å². The lowest BCUT2D eigenvalue weighted by molar-refractivity contribution is -0.162. The minimum absolute atomic E-state index is 0.0816. The quantitative estimate of drug-likeness (QED) is 0.255. The number of nitrogens with two attached hydrogens (primary N) is 1. The lowest BCUT2D eigenvalue weighted by atomic mass is 10.0. The number of hydrogen-bond donors (Lipinski definition) is 5. The number of hydrogen-bond acceptors (Lipinski definition) is 7. The SMILES string of the molecule is NOCC(=O)NOC(CCC[C@@H]1SC[C@@H]2NC(=O)N[C@@H]21)C(=O)O. The van der Waals surface area contributed by atoms with Gasteiger partial charge in [0.2, 0.25) is 0 Å². The van der Waals surface area contributed by atoms with E-state index >= 15 is 0 Å². The molecule has 2 saturated heterocycles. The zero-order chi connectivity index (χ0) is 16.8. The van der Waals surface area contributed by atoms with Gasteiger partial charge >= 0.3 is 12.0 Å². The second-order valence-electron chi connectivity index (χ2n) is 5.33. The first-order valence-electron chi connectivity index (χ1n) is 7.19. The zero-order valence-corrected chi connectivity index (χ0v) is 13.1. The van der Waals surface area contributed by atoms with Crippen molar-refractivity contribution >= 4 is 29.7 Å². The molecule has 0 aromatic carbocycles. The van der Waals surface area contributed by atoms with Crippen molar-refractivity contribution in [1.82, 2.24) is 16.1 Å². The standard InChI is InChI=1S/C12H20N4O6S/c13-21-4-9(17)16-22-7(11(18)19)2-1-3-8-10-6(5-23-8)14-12(20)15-10/h6-8,10H,1-5,13H2,(H,16,17)(H,18,19)(H2,14,15,20)/t6-,7?,8-,10-/m0/s1. The van der Waals surface area contributed by atoms with Crippen molar-refractivity contribution in [2.45, 2.75) is 42.7 Å². The largest absolute Gasteiger partial charge is 0.479 e. The second kappa shape index (κ2) is 8.34. The van der Waals surface area contributed by atoms with E-state index in [1.54, 1.807) is 11.8 Å². The number of urea groups is 1. The van der Waals surface area contributed by atoms with Crippen LogP contribution < -0.4 is 22.0 Å². The summed E-state index contributed by atoms with van der Waals surface area (Å²) in [6.07, 6.45) is 0.447. The average molecular weight is 348 g/mol. The van der Waals surface area contributed by atoms with E-state index in [1.165, 1.54) is 0 Å². The van der Waals surface area contributed by atoms with Gasteiger partial charge in [-0.05, 0) is 19.3 Å². The van der Waals surface area contributed by atoms with Gasteiger partial charge in [-0.15, -0.1) is 0 Å². The van der Waals surface area contributed by atoms with Gasteiger partial charge in [0.15, 0.2) is 6.10 Å². The van der Waals surface area contributed by atoms with Crippen molar-refractivity contribution in [2.24, 2.45) is 5.90 Å². The van der Waals surface area contributed by atoms with Crippen LogP contribution in [0, 0.1) is 0 Å². The molecular weight excluding hydrogens is 328 g/mol. The molecule has 2 rings (SSSR count). The van der Waals surface area contributed by atoms with Gasteiger partial charge in [-0.2, -0.15) is 11.8 Å². The molecule has 0 radical (unpaired) electrons. The topological polar surface area (TPSA) is 152 Å². The molecule has 2 aliphatic heterocycles. The average Bonchev–Trinajstić information content (AvgIpc) is 3.02. The number of fused-ring (bicyclic) bond motifs is 1. The molecule has 0 aromatic rings. The van der Waals surface area contributed by atoms with Crippen LogP contribution in [0.2, 0.25) is 0 Å². The number of nitrogens with one attached hydrogen (secondary N) is 3. The number of carbonyl (C=O) groups is 3. The maximum absolute atomic E-state index is 11.3. The van der Waals surface area contributed by atoms with Crippen molar-refractivity contribution in [1.29, 1.82) is 0 Å². The van der Waals surface area contributed by atoms with Crippen molar-refractivity contribution in [3.05, 3.63) is 0 Å². The van der Waals surface area contributed by atoms with Gasteiger partial charge < -0.3 is 15.7 Å². The summed E-state index contributed by atoms with van der Waals surface area (Å²) < 4.78 is 0. The Morgan fingerprint density at radius 1 is 1.48 bits per heavy atom. The van der Waals surface area contributed by atoms with Gasteiger partial charge in [0.1, 0.15) is 6.61 Å². The van der Waals surface area contributed by atoms with E-state index < -0.39 is 24.6 Å². The van der Waals surface area contributed by atoms with Crippen LogP contribution in [-0.2, 0) is 19.3 Å². The summed E-state index contributed by atoms with van der Waals surface area (Å²) in [6, 6.07) is 0.0690. The minimum Gasteiger partial charge on any atom is -0.479 e. The van der Waals surface area contributed by atoms with Gasteiger partial charge in [0.25, 0.3) is 5.91 Å². The predicted octanol–water partition coefficient (Wildman–Crippen LogP) is -1.29. The number of thioether (sulfide) groups is 1. The molecule has 2 fully saturated rings. The van der Waals surface area contributed by atoms with E-state index in [-0.39, 0.29) is 29.8 Å². The molecule has 0 aliphatic carbocycles. The van der Waals surface area contributed by atoms with Crippen LogP contribution in [0.1, 0.15) is 19.3 Å². The van der Waals surface area contributed by atoms with Crippen molar-refractivity contribution in [2.75, 3.05) is 12.4 Å². The fraction of sp³-hybridized carbons (Fsp3) is 0.750. The summed E-state index contributed by atoms with van der Waals surface area (Å²) in [5.41, 5.74) is 1.99. The Labute approximate surface area is 136 Å². The number of carboxylic acids is 1. The van der Waals surface area contributed by atoms with Crippen LogP contribution in [-0.4, -0.2) is 58.8 Å². The highest BCUT2D eigenvalue weighted by Gasteiger charge is 2.42. The van der Waals surface area contributed by atoms with E-state index in [4.69, 9.17) is 15.8 Å². The first-order chi connectivity index (χ1) is 11.0. The highest BCUT2D eigenvalue weighted by atomic mass is 32.2. The molecule has 0 bridgehead atoms. The third-order valence-corrected chi connectivity index (χ3v) is 5.21. The molecule has 23 heavy (non-hydrogen) atoms. The summed E-state index contributed by atoms with van der Waals surface area (Å²) in [5, 5.41) is 15.1. The summed E-state index contributed by atoms with van der Waals surface area (Å²) in [7, 11) is 0. The Morgan fingerprint density at radius 3 is 2.96 bits per heavy atom. The highest BCUT2D eigenvalue weighted by molar-refractivity contribution is 8.00. The van der Waals surface area contributed by atoms with Gasteiger partial charge in [0.05, 0.1) is 12.1 Å². The molecule has 0 spiro atoms. The lowest BCUT2D eigenvalue weighted by Crippen LogP contribution is -2.38. The van der Waals surface area contributed by atoms with Crippen LogP contribution in [0.3, 0.4) is 0 Å². The third-order valence-electron chi connectivity index (χ3n) is 3.70. The van der Waals surface area contributed by atoms with Gasteiger partial charge in [-0.25, -0.2) is 21.0 Å². The minimum atomic E-state index is -1.16. The van der Waals surface area contributed by atoms with Crippen molar-refractivity contribution < 1.29 is 29.2 Å². The van der Waals surface area contributed by atoms with Gasteiger partial charge in [-0.1, -0.05) is 0 Å². The Balaban J connectivity index is 1.71. The zero-order valence-electron chi connectivity index (χ0n) is 12.3. The molecule has 2 aliphatic rings. The van der Waals surface area contributed by atoms with E-state index in [9.17, 15) is 14.4 Å². The van der Waals surface area contributed by atoms with Crippen LogP contribution in [0.15, 0.2) is 0 Å². The van der Waals surface area contributed by atoms with Crippen molar-refractivity contribution in [3.63, 3.8) is 0 Å². The molecule has 4 atom stereocenters. The van der Waals surface area contributed by atoms with Crippen molar-refractivity contribution in [3.8, 4) is 0 Å². The molecule has 0 saturated carbocycles. The molecule has 11 heteroatoms. The summed E-state index contributed by atoms with van der Waals surface area (Å²) in [6.45, 7) is -0.416. The second-order valence-corrected chi connectivity index (χ2v) is 6.61. The maximum Gasteiger partial charge on any atom is 0.335 e. The van der Waals surface area contributed by atoms with Crippen LogP contribution >= 0.6 is 11.8 Å². The number of amides is 3. The Hall–Kier alpha value is -1.56. The fourth-order valence-corrected chi connectivity index (χ4v) is 4.17. The number of carboxylic acid groups (broad SMARTS) is 1. The molecule has 1 unspecified atom stereocenters. The smallest absolute Gasteiger partial charge is 0.335 e. The van der Waals surface area contributed by atoms with E-state index in [2.05, 4.69) is 15.5 Å². The molecule has 130 valence electrons. The molecule has 2 heterocycles. The van der Waals surface area contributed by atoms with Crippen LogP contribution in [0.25, 0.3) is 0 Å². The van der Waals surface area contributed by atoms with E-state index in [0.717, 1.165) is 12.2 Å². The summed E-state index contributed by atoms with van der Waals surface area (Å²) in [4.78, 5) is 42.5. The molecular formula is C12H20N4O6S. The first-order valence-corrected chi connectivity index (χ1v) is 8.23. The van der Waals surface area contributed by atoms with Crippen LogP contribution in [0.4, 0.5) is 4.79 Å². The van der Waals surface area contributed by atoms with E-state index in [0.29, 0.717) is 6.42 Å². The van der Waals surface area contributed by atoms with Crippen LogP contribution in [0.5, 0.6) is 0 Å². The Morgan fingerprint density at radius 2 is 2.26 bits per heavy atom. The molecule has 10 nitrogen and oxygen atoms in total. The predicted molar refractivity (Wildman–Crippen MR) is 80.1 cm³/mol. The Bertz CT molecular complexity index is 465. The summed E-state index contributed by atoms with van der Waals surface area (Å²) in [5.74, 6) is 3.76. The maximum atomic E-state index is 11.3. The normalized spacial score (nSPS) is 27.0. The fourth-order valence-electron chi connectivity index (χ4n) is 2.62. The lowest BCUT2D eigenvalue weighted by Gasteiger charge is -2.18. The summed E-state index contributed by atoms with van der Waals surface area (Å²) >= 11 is 1.76. The monoisotopic (exact) mass is 348 g/mol. The molecule has 6 N–H and O–H groups in total. The Kier molecular flexibility index (Phi) is 6.45. The number of aliphatic carboxylic acids is 1. The third kappa shape index (κ3) is 4.96. The molecule has 0 aromatic heterocycles. The highest BCUT2D eigenvalue weighted by Crippen LogP contribution is 2.33. The number of rotatable bonds is 9. The number of carbonyl (C=O) groups excluding carboxylic acids is 2. The van der Waals surface area contributed by atoms with E-state index in [1.807, 2.05) is 5.48 Å². The molecule has 3 amide bonds. The van der Waals surface area contributed by atoms with Gasteiger partial charge in [-0.3, -0.25) is 14.5 Å². The number of hydroxylamine groups is 1. The first kappa shape index (κ1) is 17.8.